The summed E-state index contributed by atoms with van der Waals surface area (Å²) < 4.78 is 2.10. The SMILES string of the molecule is CC1CN(c2cnn(CCN(C)C)c(=O)c2Br)CCC1N. The highest BCUT2D eigenvalue weighted by Crippen LogP contribution is 2.26. The predicted molar refractivity (Wildman–Crippen MR) is 88.7 cm³/mol. The fourth-order valence-electron chi connectivity index (χ4n) is 2.51. The van der Waals surface area contributed by atoms with Crippen molar-refractivity contribution in [1.82, 2.24) is 14.7 Å². The van der Waals surface area contributed by atoms with Crippen LogP contribution in [-0.2, 0) is 6.54 Å². The zero-order valence-corrected chi connectivity index (χ0v) is 14.5. The number of nitrogens with two attached hydrogens (primary N) is 1. The molecule has 2 heterocycles. The van der Waals surface area contributed by atoms with E-state index < -0.39 is 0 Å². The van der Waals surface area contributed by atoms with Crippen molar-refractivity contribution in [3.63, 3.8) is 0 Å². The van der Waals surface area contributed by atoms with Crippen LogP contribution in [-0.4, -0.2) is 54.5 Å². The lowest BCUT2D eigenvalue weighted by Crippen LogP contribution is -2.46. The minimum Gasteiger partial charge on any atom is -0.369 e. The van der Waals surface area contributed by atoms with Crippen molar-refractivity contribution < 1.29 is 0 Å². The molecule has 0 aliphatic carbocycles. The van der Waals surface area contributed by atoms with Crippen molar-refractivity contribution in [2.75, 3.05) is 38.6 Å². The van der Waals surface area contributed by atoms with Gasteiger partial charge >= 0.3 is 0 Å². The van der Waals surface area contributed by atoms with Gasteiger partial charge in [-0.3, -0.25) is 4.79 Å². The molecule has 1 aliphatic heterocycles. The normalized spacial score (nSPS) is 22.9. The first kappa shape index (κ1) is 16.5. The lowest BCUT2D eigenvalue weighted by Gasteiger charge is -2.36. The quantitative estimate of drug-likeness (QED) is 0.860. The maximum Gasteiger partial charge on any atom is 0.283 e. The van der Waals surface area contributed by atoms with Gasteiger partial charge in [-0.25, -0.2) is 4.68 Å². The van der Waals surface area contributed by atoms with Crippen LogP contribution in [0.2, 0.25) is 0 Å². The second-order valence-electron chi connectivity index (χ2n) is 6.05. The molecule has 1 saturated heterocycles. The van der Waals surface area contributed by atoms with E-state index in [1.165, 1.54) is 4.68 Å². The van der Waals surface area contributed by atoms with Gasteiger partial charge in [0, 0.05) is 25.7 Å². The molecule has 1 aliphatic rings. The van der Waals surface area contributed by atoms with Crippen molar-refractivity contribution in [1.29, 1.82) is 0 Å². The molecular weight excluding hydrogens is 334 g/mol. The zero-order valence-electron chi connectivity index (χ0n) is 12.9. The molecule has 6 nitrogen and oxygen atoms in total. The summed E-state index contributed by atoms with van der Waals surface area (Å²) in [6.45, 7) is 5.26. The number of hydrogen-bond donors (Lipinski definition) is 1. The molecule has 0 aromatic carbocycles. The summed E-state index contributed by atoms with van der Waals surface area (Å²) in [6, 6.07) is 0.244. The Morgan fingerprint density at radius 3 is 2.86 bits per heavy atom. The maximum atomic E-state index is 12.4. The van der Waals surface area contributed by atoms with E-state index in [1.807, 2.05) is 19.0 Å². The number of aromatic nitrogens is 2. The number of halogens is 1. The summed E-state index contributed by atoms with van der Waals surface area (Å²) in [6.07, 6.45) is 2.72. The number of nitrogens with zero attached hydrogens (tertiary/aromatic N) is 4. The maximum absolute atomic E-state index is 12.4. The smallest absolute Gasteiger partial charge is 0.283 e. The lowest BCUT2D eigenvalue weighted by atomic mass is 9.94. The molecule has 1 fully saturated rings. The van der Waals surface area contributed by atoms with Crippen LogP contribution >= 0.6 is 15.9 Å². The van der Waals surface area contributed by atoms with E-state index in [0.717, 1.165) is 31.7 Å². The summed E-state index contributed by atoms with van der Waals surface area (Å²) in [5.41, 5.74) is 6.86. The zero-order chi connectivity index (χ0) is 15.6. The molecule has 2 unspecified atom stereocenters. The molecule has 2 rings (SSSR count). The number of anilines is 1. The van der Waals surface area contributed by atoms with Gasteiger partial charge in [0.15, 0.2) is 0 Å². The Morgan fingerprint density at radius 1 is 1.52 bits per heavy atom. The molecule has 1 aromatic rings. The Hall–Kier alpha value is -0.920. The van der Waals surface area contributed by atoms with Gasteiger partial charge in [-0.05, 0) is 42.4 Å². The first-order valence-corrected chi connectivity index (χ1v) is 8.10. The van der Waals surface area contributed by atoms with Crippen LogP contribution in [0, 0.1) is 5.92 Å². The predicted octanol–water partition coefficient (Wildman–Crippen LogP) is 0.741. The van der Waals surface area contributed by atoms with Crippen molar-refractivity contribution in [3.8, 4) is 0 Å². The van der Waals surface area contributed by atoms with E-state index in [2.05, 4.69) is 32.9 Å². The van der Waals surface area contributed by atoms with Gasteiger partial charge in [-0.1, -0.05) is 6.92 Å². The Kier molecular flexibility index (Phi) is 5.40. The monoisotopic (exact) mass is 357 g/mol. The van der Waals surface area contributed by atoms with Crippen LogP contribution in [0.25, 0.3) is 0 Å². The first-order valence-electron chi connectivity index (χ1n) is 7.31. The molecule has 1 aromatic heterocycles. The summed E-state index contributed by atoms with van der Waals surface area (Å²) in [7, 11) is 3.96. The molecule has 0 spiro atoms. The van der Waals surface area contributed by atoms with E-state index in [9.17, 15) is 4.79 Å². The van der Waals surface area contributed by atoms with E-state index >= 15 is 0 Å². The summed E-state index contributed by atoms with van der Waals surface area (Å²) in [4.78, 5) is 16.6. The molecule has 2 atom stereocenters. The second-order valence-corrected chi connectivity index (χ2v) is 6.84. The molecule has 0 amide bonds. The van der Waals surface area contributed by atoms with Gasteiger partial charge < -0.3 is 15.5 Å². The number of likely N-dealkylation sites (N-methyl/N-ethyl adjacent to an activating group) is 1. The average Bonchev–Trinajstić information content (AvgIpc) is 2.43. The molecule has 21 heavy (non-hydrogen) atoms. The van der Waals surface area contributed by atoms with Crippen molar-refractivity contribution in [2.24, 2.45) is 11.7 Å². The minimum atomic E-state index is -0.0723. The molecule has 7 heteroatoms. The topological polar surface area (TPSA) is 67.4 Å². The standard InChI is InChI=1S/C14H24BrN5O/c1-10-9-19(5-4-11(10)16)12-8-17-20(7-6-18(2)3)14(21)13(12)15/h8,10-11H,4-7,9,16H2,1-3H3. The summed E-state index contributed by atoms with van der Waals surface area (Å²) >= 11 is 3.45. The average molecular weight is 358 g/mol. The first-order chi connectivity index (χ1) is 9.90. The third-order valence-electron chi connectivity index (χ3n) is 4.04. The van der Waals surface area contributed by atoms with Crippen molar-refractivity contribution in [3.05, 3.63) is 21.0 Å². The van der Waals surface area contributed by atoms with Crippen molar-refractivity contribution >= 4 is 21.6 Å². The van der Waals surface area contributed by atoms with E-state index in [-0.39, 0.29) is 11.6 Å². The fraction of sp³-hybridized carbons (Fsp3) is 0.714. The fourth-order valence-corrected chi connectivity index (χ4v) is 3.07. The Bertz CT molecular complexity index is 545. The number of piperidine rings is 1. The Labute approximate surface area is 134 Å². The highest BCUT2D eigenvalue weighted by molar-refractivity contribution is 9.10. The van der Waals surface area contributed by atoms with Crippen LogP contribution in [0.15, 0.2) is 15.5 Å². The Morgan fingerprint density at radius 2 is 2.24 bits per heavy atom. The molecule has 0 bridgehead atoms. The molecule has 118 valence electrons. The second kappa shape index (κ2) is 6.89. The van der Waals surface area contributed by atoms with Crippen LogP contribution in [0.1, 0.15) is 13.3 Å². The van der Waals surface area contributed by atoms with Crippen molar-refractivity contribution in [2.45, 2.75) is 25.9 Å². The highest BCUT2D eigenvalue weighted by atomic mass is 79.9. The van der Waals surface area contributed by atoms with Crippen LogP contribution in [0.4, 0.5) is 5.69 Å². The lowest BCUT2D eigenvalue weighted by molar-refractivity contribution is 0.365. The molecule has 0 radical (unpaired) electrons. The number of hydrogen-bond acceptors (Lipinski definition) is 5. The van der Waals surface area contributed by atoms with Gasteiger partial charge in [0.1, 0.15) is 4.47 Å². The van der Waals surface area contributed by atoms with Gasteiger partial charge in [-0.2, -0.15) is 5.10 Å². The van der Waals surface area contributed by atoms with E-state index in [0.29, 0.717) is 16.9 Å². The number of rotatable bonds is 4. The summed E-state index contributed by atoms with van der Waals surface area (Å²) in [5.74, 6) is 0.418. The van der Waals surface area contributed by atoms with Gasteiger partial charge in [0.25, 0.3) is 5.56 Å². The molecular formula is C14H24BrN5O. The van der Waals surface area contributed by atoms with Gasteiger partial charge in [0.05, 0.1) is 18.4 Å². The Balaban J connectivity index is 2.19. The largest absolute Gasteiger partial charge is 0.369 e. The highest BCUT2D eigenvalue weighted by Gasteiger charge is 2.25. The van der Waals surface area contributed by atoms with Crippen LogP contribution in [0.3, 0.4) is 0 Å². The molecule has 2 N–H and O–H groups in total. The third kappa shape index (κ3) is 3.84. The summed E-state index contributed by atoms with van der Waals surface area (Å²) in [5, 5.41) is 4.30. The van der Waals surface area contributed by atoms with E-state index in [4.69, 9.17) is 5.73 Å². The van der Waals surface area contributed by atoms with Crippen LogP contribution < -0.4 is 16.2 Å². The van der Waals surface area contributed by atoms with E-state index in [1.54, 1.807) is 6.20 Å². The van der Waals surface area contributed by atoms with Gasteiger partial charge in [-0.15, -0.1) is 0 Å². The third-order valence-corrected chi connectivity index (χ3v) is 4.78. The minimum absolute atomic E-state index is 0.0723. The molecule has 0 saturated carbocycles. The van der Waals surface area contributed by atoms with Gasteiger partial charge in [0.2, 0.25) is 0 Å². The van der Waals surface area contributed by atoms with Crippen LogP contribution in [0.5, 0.6) is 0 Å².